The van der Waals surface area contributed by atoms with Gasteiger partial charge in [0.05, 0.1) is 12.0 Å². The van der Waals surface area contributed by atoms with Crippen LogP contribution < -0.4 is 5.32 Å². The lowest BCUT2D eigenvalue weighted by atomic mass is 10.1. The highest BCUT2D eigenvalue weighted by Gasteiger charge is 2.08. The van der Waals surface area contributed by atoms with Gasteiger partial charge in [0.2, 0.25) is 5.91 Å². The standard InChI is InChI=1S/C14H12N2O4/c17-11-3-1-2-9(6-11)7-13(18)16-12-8-10(14(19)20)4-5-15-12/h1-6,8,17H,7H2,(H,19,20)(H,15,16,18). The van der Waals surface area contributed by atoms with Crippen molar-refractivity contribution in [3.8, 4) is 5.75 Å². The predicted molar refractivity (Wildman–Crippen MR) is 71.6 cm³/mol. The summed E-state index contributed by atoms with van der Waals surface area (Å²) in [5.74, 6) is -1.17. The van der Waals surface area contributed by atoms with Gasteiger partial charge in [0.25, 0.3) is 0 Å². The smallest absolute Gasteiger partial charge is 0.335 e. The first-order valence-electron chi connectivity index (χ1n) is 5.82. The number of anilines is 1. The summed E-state index contributed by atoms with van der Waals surface area (Å²) in [6.45, 7) is 0. The summed E-state index contributed by atoms with van der Waals surface area (Å²) >= 11 is 0. The minimum absolute atomic E-state index is 0.0488. The van der Waals surface area contributed by atoms with Gasteiger partial charge in [-0.2, -0.15) is 0 Å². The fourth-order valence-electron chi connectivity index (χ4n) is 1.67. The molecule has 0 aliphatic carbocycles. The molecule has 1 aromatic heterocycles. The predicted octanol–water partition coefficient (Wildman–Crippen LogP) is 1.67. The number of hydrogen-bond acceptors (Lipinski definition) is 4. The Morgan fingerprint density at radius 2 is 2.00 bits per heavy atom. The maximum absolute atomic E-state index is 11.8. The number of nitrogens with one attached hydrogen (secondary N) is 1. The van der Waals surface area contributed by atoms with Crippen molar-refractivity contribution in [1.82, 2.24) is 4.98 Å². The summed E-state index contributed by atoms with van der Waals surface area (Å²) in [5.41, 5.74) is 0.699. The van der Waals surface area contributed by atoms with E-state index in [2.05, 4.69) is 10.3 Å². The van der Waals surface area contributed by atoms with Crippen molar-refractivity contribution in [2.75, 3.05) is 5.32 Å². The molecule has 3 N–H and O–H groups in total. The lowest BCUT2D eigenvalue weighted by Crippen LogP contribution is -2.15. The third-order valence-electron chi connectivity index (χ3n) is 2.55. The van der Waals surface area contributed by atoms with Gasteiger partial charge in [-0.15, -0.1) is 0 Å². The number of aromatic nitrogens is 1. The van der Waals surface area contributed by atoms with E-state index in [-0.39, 0.29) is 29.5 Å². The molecule has 0 aliphatic rings. The van der Waals surface area contributed by atoms with Crippen LogP contribution in [0.1, 0.15) is 15.9 Å². The SMILES string of the molecule is O=C(Cc1cccc(O)c1)Nc1cc(C(=O)O)ccn1. The Kier molecular flexibility index (Phi) is 3.95. The van der Waals surface area contributed by atoms with E-state index in [1.165, 1.54) is 30.5 Å². The second kappa shape index (κ2) is 5.83. The van der Waals surface area contributed by atoms with Gasteiger partial charge in [-0.25, -0.2) is 9.78 Å². The molecule has 0 atom stereocenters. The minimum Gasteiger partial charge on any atom is -0.508 e. The van der Waals surface area contributed by atoms with Gasteiger partial charge in [-0.3, -0.25) is 4.79 Å². The van der Waals surface area contributed by atoms with Gasteiger partial charge < -0.3 is 15.5 Å². The Balaban J connectivity index is 2.04. The Labute approximate surface area is 114 Å². The van der Waals surface area contributed by atoms with Crippen molar-refractivity contribution in [1.29, 1.82) is 0 Å². The summed E-state index contributed by atoms with van der Waals surface area (Å²) in [7, 11) is 0. The molecule has 0 saturated heterocycles. The van der Waals surface area contributed by atoms with E-state index < -0.39 is 5.97 Å². The summed E-state index contributed by atoms with van der Waals surface area (Å²) in [6, 6.07) is 8.97. The molecule has 0 saturated carbocycles. The third kappa shape index (κ3) is 3.55. The molecule has 1 amide bonds. The van der Waals surface area contributed by atoms with Gasteiger partial charge in [0.1, 0.15) is 11.6 Å². The van der Waals surface area contributed by atoms with Crippen molar-refractivity contribution in [2.24, 2.45) is 0 Å². The first kappa shape index (κ1) is 13.5. The normalized spacial score (nSPS) is 10.0. The second-order valence-corrected chi connectivity index (χ2v) is 4.13. The van der Waals surface area contributed by atoms with E-state index in [1.807, 2.05) is 0 Å². The number of amides is 1. The molecule has 6 nitrogen and oxygen atoms in total. The van der Waals surface area contributed by atoms with Crippen molar-refractivity contribution in [3.63, 3.8) is 0 Å². The van der Waals surface area contributed by atoms with Crippen LogP contribution in [0.15, 0.2) is 42.6 Å². The van der Waals surface area contributed by atoms with E-state index in [9.17, 15) is 14.7 Å². The number of carbonyl (C=O) groups is 2. The first-order chi connectivity index (χ1) is 9.54. The summed E-state index contributed by atoms with van der Waals surface area (Å²) < 4.78 is 0. The van der Waals surface area contributed by atoms with E-state index in [1.54, 1.807) is 12.1 Å². The molecule has 1 aromatic carbocycles. The maximum atomic E-state index is 11.8. The lowest BCUT2D eigenvalue weighted by Gasteiger charge is -2.05. The molecular formula is C14H12N2O4. The van der Waals surface area contributed by atoms with Crippen LogP contribution in [0.5, 0.6) is 5.75 Å². The maximum Gasteiger partial charge on any atom is 0.335 e. The number of nitrogens with zero attached hydrogens (tertiary/aromatic N) is 1. The Morgan fingerprint density at radius 3 is 2.70 bits per heavy atom. The molecule has 0 unspecified atom stereocenters. The highest BCUT2D eigenvalue weighted by molar-refractivity contribution is 5.93. The first-order valence-corrected chi connectivity index (χ1v) is 5.82. The molecule has 102 valence electrons. The highest BCUT2D eigenvalue weighted by atomic mass is 16.4. The molecule has 2 rings (SSSR count). The number of hydrogen-bond donors (Lipinski definition) is 3. The molecular weight excluding hydrogens is 260 g/mol. The minimum atomic E-state index is -1.09. The molecule has 1 heterocycles. The molecule has 20 heavy (non-hydrogen) atoms. The zero-order valence-electron chi connectivity index (χ0n) is 10.4. The molecule has 0 fully saturated rings. The van der Waals surface area contributed by atoms with E-state index >= 15 is 0 Å². The van der Waals surface area contributed by atoms with Crippen LogP contribution in [0.3, 0.4) is 0 Å². The molecule has 0 bridgehead atoms. The number of carbonyl (C=O) groups excluding carboxylic acids is 1. The fourth-order valence-corrected chi connectivity index (χ4v) is 1.67. The molecule has 0 radical (unpaired) electrons. The van der Waals surface area contributed by atoms with Crippen molar-refractivity contribution in [3.05, 3.63) is 53.7 Å². The number of phenols is 1. The summed E-state index contributed by atoms with van der Waals surface area (Å²) in [4.78, 5) is 26.5. The summed E-state index contributed by atoms with van der Waals surface area (Å²) in [6.07, 6.45) is 1.38. The Bertz CT molecular complexity index is 655. The second-order valence-electron chi connectivity index (χ2n) is 4.13. The Hall–Kier alpha value is -2.89. The highest BCUT2D eigenvalue weighted by Crippen LogP contribution is 2.12. The van der Waals surface area contributed by atoms with Crippen LogP contribution in [-0.4, -0.2) is 27.1 Å². The van der Waals surface area contributed by atoms with Gasteiger partial charge in [0, 0.05) is 6.20 Å². The van der Waals surface area contributed by atoms with Crippen molar-refractivity contribution < 1.29 is 19.8 Å². The largest absolute Gasteiger partial charge is 0.508 e. The monoisotopic (exact) mass is 272 g/mol. The van der Waals surface area contributed by atoms with Crippen LogP contribution in [0, 0.1) is 0 Å². The number of pyridine rings is 1. The van der Waals surface area contributed by atoms with E-state index in [0.717, 1.165) is 0 Å². The van der Waals surface area contributed by atoms with Crippen molar-refractivity contribution in [2.45, 2.75) is 6.42 Å². The number of aromatic hydroxyl groups is 1. The Morgan fingerprint density at radius 1 is 1.20 bits per heavy atom. The zero-order chi connectivity index (χ0) is 14.5. The van der Waals surface area contributed by atoms with Crippen LogP contribution >= 0.6 is 0 Å². The number of rotatable bonds is 4. The molecule has 0 spiro atoms. The van der Waals surface area contributed by atoms with Gasteiger partial charge in [-0.1, -0.05) is 12.1 Å². The quantitative estimate of drug-likeness (QED) is 0.786. The van der Waals surface area contributed by atoms with Gasteiger partial charge in [0.15, 0.2) is 0 Å². The van der Waals surface area contributed by atoms with Gasteiger partial charge >= 0.3 is 5.97 Å². The molecule has 2 aromatic rings. The average Bonchev–Trinajstić information content (AvgIpc) is 2.38. The number of carboxylic acid groups (broad SMARTS) is 1. The fraction of sp³-hybridized carbons (Fsp3) is 0.0714. The van der Waals surface area contributed by atoms with E-state index in [0.29, 0.717) is 5.56 Å². The van der Waals surface area contributed by atoms with Crippen LogP contribution in [-0.2, 0) is 11.2 Å². The number of carboxylic acids is 1. The van der Waals surface area contributed by atoms with E-state index in [4.69, 9.17) is 5.11 Å². The zero-order valence-corrected chi connectivity index (χ0v) is 10.4. The molecule has 0 aliphatic heterocycles. The average molecular weight is 272 g/mol. The van der Waals surface area contributed by atoms with Crippen LogP contribution in [0.4, 0.5) is 5.82 Å². The van der Waals surface area contributed by atoms with Gasteiger partial charge in [-0.05, 0) is 29.8 Å². The van der Waals surface area contributed by atoms with Crippen molar-refractivity contribution >= 4 is 17.7 Å². The number of aromatic carboxylic acids is 1. The topological polar surface area (TPSA) is 99.5 Å². The lowest BCUT2D eigenvalue weighted by molar-refractivity contribution is -0.115. The third-order valence-corrected chi connectivity index (χ3v) is 2.55. The summed E-state index contributed by atoms with van der Waals surface area (Å²) in [5, 5.41) is 20.7. The number of benzene rings is 1. The molecule has 6 heteroatoms. The van der Waals surface area contributed by atoms with Crippen LogP contribution in [0.2, 0.25) is 0 Å². The van der Waals surface area contributed by atoms with Crippen LogP contribution in [0.25, 0.3) is 0 Å². The number of phenolic OH excluding ortho intramolecular Hbond substituents is 1.